The first-order valence-corrected chi connectivity index (χ1v) is 8.90. The molecule has 2 heterocycles. The molecule has 0 saturated carbocycles. The van der Waals surface area contributed by atoms with Gasteiger partial charge in [-0.2, -0.15) is 0 Å². The Morgan fingerprint density at radius 1 is 1.00 bits per heavy atom. The van der Waals surface area contributed by atoms with Crippen molar-refractivity contribution in [2.24, 2.45) is 0 Å². The normalized spacial score (nSPS) is 12.1. The molecule has 4 rings (SSSR count). The Labute approximate surface area is 164 Å². The van der Waals surface area contributed by atoms with E-state index in [4.69, 9.17) is 11.6 Å². The maximum atomic E-state index is 13.7. The van der Waals surface area contributed by atoms with Crippen LogP contribution in [0.3, 0.4) is 0 Å². The van der Waals surface area contributed by atoms with Gasteiger partial charge in [-0.05, 0) is 35.9 Å². The summed E-state index contributed by atoms with van der Waals surface area (Å²) < 4.78 is 28.7. The lowest BCUT2D eigenvalue weighted by molar-refractivity contribution is -0.116. The number of carbonyl (C=O) groups is 1. The zero-order valence-electron chi connectivity index (χ0n) is 14.4. The first-order chi connectivity index (χ1) is 13.5. The van der Waals surface area contributed by atoms with E-state index < -0.39 is 22.9 Å². The second-order valence-corrected chi connectivity index (χ2v) is 6.57. The number of nitrogens with one attached hydrogen (secondary N) is 1. The van der Waals surface area contributed by atoms with Crippen LogP contribution in [0.5, 0.6) is 0 Å². The molecule has 0 unspecified atom stereocenters. The molecule has 0 aliphatic rings. The monoisotopic (exact) mass is 397 g/mol. The Morgan fingerprint density at radius 2 is 1.75 bits per heavy atom. The summed E-state index contributed by atoms with van der Waals surface area (Å²) in [5.74, 6) is -2.08. The van der Waals surface area contributed by atoms with Crippen molar-refractivity contribution in [1.29, 1.82) is 0 Å². The van der Waals surface area contributed by atoms with Crippen molar-refractivity contribution >= 4 is 29.0 Å². The molecule has 0 fully saturated rings. The smallest absolute Gasteiger partial charge is 0.248 e. The quantitative estimate of drug-likeness (QED) is 0.481. The van der Waals surface area contributed by atoms with Gasteiger partial charge in [0.1, 0.15) is 22.5 Å². The second-order valence-electron chi connectivity index (χ2n) is 6.13. The predicted molar refractivity (Wildman–Crippen MR) is 104 cm³/mol. The second kappa shape index (κ2) is 7.40. The number of halogens is 3. The summed E-state index contributed by atoms with van der Waals surface area (Å²) in [7, 11) is 0. The lowest BCUT2D eigenvalue weighted by atomic mass is 10.1. The molecule has 2 aromatic carbocycles. The van der Waals surface area contributed by atoms with E-state index in [0.29, 0.717) is 28.3 Å². The van der Waals surface area contributed by atoms with Crippen molar-refractivity contribution in [1.82, 2.24) is 9.38 Å². The molecular formula is C21H14ClF2N3O. The zero-order valence-corrected chi connectivity index (χ0v) is 15.2. The van der Waals surface area contributed by atoms with Crippen molar-refractivity contribution in [3.8, 4) is 11.3 Å². The molecule has 140 valence electrons. The van der Waals surface area contributed by atoms with Gasteiger partial charge in [-0.1, -0.05) is 36.4 Å². The lowest BCUT2D eigenvalue weighted by Crippen LogP contribution is -2.18. The molecule has 0 spiro atoms. The maximum Gasteiger partial charge on any atom is 0.248 e. The van der Waals surface area contributed by atoms with Crippen LogP contribution in [0.25, 0.3) is 16.9 Å². The number of nitrogens with zero attached hydrogens (tertiary/aromatic N) is 2. The standard InChI is InChI=1S/C21H14ClF2N3O/c22-18(13-6-2-1-3-7-13)21(28)26-20-19(14-9-10-15(23)16(24)12-14)25-17-8-4-5-11-27(17)20/h1-12,18H,(H,26,28)/t18-/m0/s1. The van der Waals surface area contributed by atoms with Crippen molar-refractivity contribution in [2.45, 2.75) is 5.38 Å². The number of hydrogen-bond acceptors (Lipinski definition) is 2. The highest BCUT2D eigenvalue weighted by Gasteiger charge is 2.22. The maximum absolute atomic E-state index is 13.7. The molecule has 4 nitrogen and oxygen atoms in total. The third kappa shape index (κ3) is 3.34. The van der Waals surface area contributed by atoms with E-state index in [2.05, 4.69) is 10.3 Å². The van der Waals surface area contributed by atoms with Crippen LogP contribution in [0, 0.1) is 11.6 Å². The number of alkyl halides is 1. The highest BCUT2D eigenvalue weighted by atomic mass is 35.5. The van der Waals surface area contributed by atoms with Gasteiger partial charge in [-0.3, -0.25) is 9.20 Å². The van der Waals surface area contributed by atoms with Gasteiger partial charge in [0.2, 0.25) is 5.91 Å². The first-order valence-electron chi connectivity index (χ1n) is 8.47. The molecule has 2 aromatic heterocycles. The average Bonchev–Trinajstić information content (AvgIpc) is 3.08. The highest BCUT2D eigenvalue weighted by molar-refractivity contribution is 6.32. The summed E-state index contributed by atoms with van der Waals surface area (Å²) in [5, 5.41) is 1.85. The molecule has 7 heteroatoms. The molecule has 0 aliphatic carbocycles. The minimum absolute atomic E-state index is 0.315. The Hall–Kier alpha value is -3.25. The van der Waals surface area contributed by atoms with Crippen molar-refractivity contribution in [3.63, 3.8) is 0 Å². The fraction of sp³-hybridized carbons (Fsp3) is 0.0476. The number of imidazole rings is 1. The highest BCUT2D eigenvalue weighted by Crippen LogP contribution is 2.31. The Balaban J connectivity index is 1.77. The van der Waals surface area contributed by atoms with E-state index in [-0.39, 0.29) is 0 Å². The molecule has 4 aromatic rings. The van der Waals surface area contributed by atoms with Crippen molar-refractivity contribution in [2.75, 3.05) is 5.32 Å². The molecular weight excluding hydrogens is 384 g/mol. The minimum Gasteiger partial charge on any atom is -0.308 e. The summed E-state index contributed by atoms with van der Waals surface area (Å²) in [6.45, 7) is 0. The van der Waals surface area contributed by atoms with Gasteiger partial charge < -0.3 is 5.32 Å². The van der Waals surface area contributed by atoms with Gasteiger partial charge in [-0.25, -0.2) is 13.8 Å². The number of carbonyl (C=O) groups excluding carboxylic acids is 1. The summed E-state index contributed by atoms with van der Waals surface area (Å²) in [6.07, 6.45) is 1.72. The van der Waals surface area contributed by atoms with Crippen LogP contribution in [0.2, 0.25) is 0 Å². The molecule has 0 radical (unpaired) electrons. The third-order valence-electron chi connectivity index (χ3n) is 4.29. The topological polar surface area (TPSA) is 46.4 Å². The van der Waals surface area contributed by atoms with Crippen LogP contribution in [0.15, 0.2) is 72.9 Å². The lowest BCUT2D eigenvalue weighted by Gasteiger charge is -2.12. The fourth-order valence-electron chi connectivity index (χ4n) is 2.91. The number of amides is 1. The van der Waals surface area contributed by atoms with E-state index in [1.807, 2.05) is 6.07 Å². The Bertz CT molecular complexity index is 1160. The number of anilines is 1. The van der Waals surface area contributed by atoms with Gasteiger partial charge in [0.05, 0.1) is 0 Å². The number of benzene rings is 2. The zero-order chi connectivity index (χ0) is 19.7. The van der Waals surface area contributed by atoms with Gasteiger partial charge >= 0.3 is 0 Å². The third-order valence-corrected chi connectivity index (χ3v) is 4.74. The summed E-state index contributed by atoms with van der Waals surface area (Å²) in [5.41, 5.74) is 1.84. The minimum atomic E-state index is -0.994. The number of fused-ring (bicyclic) bond motifs is 1. The molecule has 1 amide bonds. The number of pyridine rings is 1. The molecule has 0 saturated heterocycles. The van der Waals surface area contributed by atoms with E-state index in [1.54, 1.807) is 53.1 Å². The SMILES string of the molecule is O=C(Nc1c(-c2ccc(F)c(F)c2)nc2ccccn12)[C@@H](Cl)c1ccccc1. The largest absolute Gasteiger partial charge is 0.308 e. The number of aromatic nitrogens is 2. The van der Waals surface area contributed by atoms with Crippen LogP contribution < -0.4 is 5.32 Å². The Morgan fingerprint density at radius 3 is 2.50 bits per heavy atom. The van der Waals surface area contributed by atoms with E-state index in [9.17, 15) is 13.6 Å². The number of rotatable bonds is 4. The first kappa shape index (κ1) is 18.1. The fourth-order valence-corrected chi connectivity index (χ4v) is 3.11. The van der Waals surface area contributed by atoms with Crippen LogP contribution in [-0.2, 0) is 4.79 Å². The van der Waals surface area contributed by atoms with E-state index >= 15 is 0 Å². The van der Waals surface area contributed by atoms with Crippen LogP contribution in [-0.4, -0.2) is 15.3 Å². The average molecular weight is 398 g/mol. The Kier molecular flexibility index (Phi) is 4.79. The predicted octanol–water partition coefficient (Wildman–Crippen LogP) is 5.20. The summed E-state index contributed by atoms with van der Waals surface area (Å²) >= 11 is 6.32. The molecule has 0 bridgehead atoms. The van der Waals surface area contributed by atoms with Gasteiger partial charge in [0.15, 0.2) is 11.6 Å². The van der Waals surface area contributed by atoms with Crippen molar-refractivity contribution in [3.05, 3.63) is 90.1 Å². The molecule has 0 aliphatic heterocycles. The molecule has 1 N–H and O–H groups in total. The number of hydrogen-bond donors (Lipinski definition) is 1. The van der Waals surface area contributed by atoms with Crippen LogP contribution >= 0.6 is 11.6 Å². The van der Waals surface area contributed by atoms with Crippen LogP contribution in [0.4, 0.5) is 14.6 Å². The van der Waals surface area contributed by atoms with Crippen molar-refractivity contribution < 1.29 is 13.6 Å². The van der Waals surface area contributed by atoms with E-state index in [1.165, 1.54) is 6.07 Å². The summed E-state index contributed by atoms with van der Waals surface area (Å²) in [6, 6.07) is 17.7. The molecule has 28 heavy (non-hydrogen) atoms. The van der Waals surface area contributed by atoms with Gasteiger partial charge in [-0.15, -0.1) is 11.6 Å². The molecule has 1 atom stereocenters. The van der Waals surface area contributed by atoms with E-state index in [0.717, 1.165) is 12.1 Å². The summed E-state index contributed by atoms with van der Waals surface area (Å²) in [4.78, 5) is 17.2. The van der Waals surface area contributed by atoms with Gasteiger partial charge in [0, 0.05) is 11.8 Å². The van der Waals surface area contributed by atoms with Crippen LogP contribution in [0.1, 0.15) is 10.9 Å². The van der Waals surface area contributed by atoms with Gasteiger partial charge in [0.25, 0.3) is 0 Å².